The van der Waals surface area contributed by atoms with Crippen molar-refractivity contribution in [1.82, 2.24) is 19.8 Å². The number of carboxylic acid groups (broad SMARTS) is 1. The summed E-state index contributed by atoms with van der Waals surface area (Å²) in [5.41, 5.74) is 4.07. The van der Waals surface area contributed by atoms with Crippen LogP contribution in [-0.2, 0) is 6.54 Å². The summed E-state index contributed by atoms with van der Waals surface area (Å²) in [6.45, 7) is 0.640. The quantitative estimate of drug-likeness (QED) is 0.410. The number of rotatable bonds is 6. The van der Waals surface area contributed by atoms with Crippen LogP contribution in [-0.4, -0.2) is 30.6 Å². The summed E-state index contributed by atoms with van der Waals surface area (Å²) in [5, 5.41) is 13.6. The average Bonchev–Trinajstić information content (AvgIpc) is 3.45. The van der Waals surface area contributed by atoms with E-state index < -0.39 is 5.97 Å². The normalized spacial score (nSPS) is 17.7. The predicted octanol–water partition coefficient (Wildman–Crippen LogP) is 4.74. The van der Waals surface area contributed by atoms with Crippen LogP contribution in [0.1, 0.15) is 39.4 Å². The van der Waals surface area contributed by atoms with Gasteiger partial charge in [0.1, 0.15) is 0 Å². The fourth-order valence-electron chi connectivity index (χ4n) is 4.34. The van der Waals surface area contributed by atoms with E-state index in [0.717, 1.165) is 22.6 Å². The largest absolute Gasteiger partial charge is 0.478 e. The second kappa shape index (κ2) is 8.88. The van der Waals surface area contributed by atoms with E-state index in [4.69, 9.17) is 12.2 Å². The van der Waals surface area contributed by atoms with Gasteiger partial charge in [-0.2, -0.15) is 0 Å². The number of hydrogen-bond donors (Lipinski definition) is 2. The van der Waals surface area contributed by atoms with Crippen molar-refractivity contribution >= 4 is 23.3 Å². The van der Waals surface area contributed by atoms with Crippen molar-refractivity contribution in [1.29, 1.82) is 0 Å². The molecule has 3 heterocycles. The Labute approximate surface area is 197 Å². The molecule has 0 spiro atoms. The van der Waals surface area contributed by atoms with Gasteiger partial charge in [-0.25, -0.2) is 4.79 Å². The Hall–Kier alpha value is -3.97. The van der Waals surface area contributed by atoms with E-state index in [9.17, 15) is 9.90 Å². The predicted molar refractivity (Wildman–Crippen MR) is 130 cm³/mol. The maximum atomic E-state index is 11.5. The number of nitrogens with one attached hydrogen (secondary N) is 1. The van der Waals surface area contributed by atoms with Gasteiger partial charge in [0.05, 0.1) is 23.3 Å². The molecule has 7 heteroatoms. The molecule has 1 saturated heterocycles. The highest BCUT2D eigenvalue weighted by atomic mass is 32.1. The highest BCUT2D eigenvalue weighted by molar-refractivity contribution is 7.80. The smallest absolute Gasteiger partial charge is 0.335 e. The summed E-state index contributed by atoms with van der Waals surface area (Å²) in [6, 6.07) is 26.8. The molecule has 6 nitrogen and oxygen atoms in total. The van der Waals surface area contributed by atoms with E-state index in [0.29, 0.717) is 11.7 Å². The first-order valence-electron chi connectivity index (χ1n) is 10.6. The molecule has 164 valence electrons. The van der Waals surface area contributed by atoms with Crippen LogP contribution in [0.4, 0.5) is 0 Å². The number of pyridine rings is 1. The maximum Gasteiger partial charge on any atom is 0.335 e. The van der Waals surface area contributed by atoms with Gasteiger partial charge in [-0.15, -0.1) is 0 Å². The molecule has 0 radical (unpaired) electrons. The highest BCUT2D eigenvalue weighted by Gasteiger charge is 2.41. The molecule has 5 rings (SSSR count). The van der Waals surface area contributed by atoms with Crippen molar-refractivity contribution in [3.05, 3.63) is 120 Å². The molecule has 33 heavy (non-hydrogen) atoms. The topological polar surface area (TPSA) is 70.4 Å². The second-order valence-electron chi connectivity index (χ2n) is 7.90. The Bertz CT molecular complexity index is 1290. The van der Waals surface area contributed by atoms with Crippen LogP contribution < -0.4 is 5.32 Å². The number of thiocarbonyl (C=S) groups is 1. The first-order valence-corrected chi connectivity index (χ1v) is 11.1. The van der Waals surface area contributed by atoms with Crippen molar-refractivity contribution in [3.8, 4) is 5.69 Å². The molecule has 1 aliphatic heterocycles. The first kappa shape index (κ1) is 20.9. The van der Waals surface area contributed by atoms with Gasteiger partial charge in [-0.05, 0) is 60.2 Å². The summed E-state index contributed by atoms with van der Waals surface area (Å²) >= 11 is 5.78. The molecular formula is C26H22N4O2S. The summed E-state index contributed by atoms with van der Waals surface area (Å²) in [5.74, 6) is -0.952. The van der Waals surface area contributed by atoms with Crippen molar-refractivity contribution in [2.24, 2.45) is 0 Å². The molecule has 2 N–H and O–H groups in total. The molecule has 0 amide bonds. The molecular weight excluding hydrogens is 432 g/mol. The molecule has 1 fully saturated rings. The Morgan fingerprint density at radius 2 is 1.82 bits per heavy atom. The number of aromatic carboxylic acids is 1. The highest BCUT2D eigenvalue weighted by Crippen LogP contribution is 2.40. The van der Waals surface area contributed by atoms with Gasteiger partial charge in [0, 0.05) is 30.3 Å². The maximum absolute atomic E-state index is 11.5. The lowest BCUT2D eigenvalue weighted by molar-refractivity contribution is 0.0697. The van der Waals surface area contributed by atoms with Crippen molar-refractivity contribution in [3.63, 3.8) is 0 Å². The third-order valence-electron chi connectivity index (χ3n) is 5.85. The third-order valence-corrected chi connectivity index (χ3v) is 6.20. The molecule has 0 saturated carbocycles. The SMILES string of the molecule is O=C(O)c1cccc(-n2cccc2[C@@H]2[C@H](c3ccccn3)NC(=S)N2Cc2ccccc2)c1. The number of carbonyl (C=O) groups is 1. The Kier molecular flexibility index (Phi) is 5.62. The molecule has 1 aliphatic rings. The fourth-order valence-corrected chi connectivity index (χ4v) is 4.64. The molecule has 4 aromatic rings. The number of aromatic nitrogens is 2. The number of carboxylic acids is 1. The standard InChI is InChI=1S/C26H22N4O2S/c31-25(32)19-10-6-11-20(16-19)29-15-7-13-22(29)24-23(21-12-4-5-14-27-21)28-26(33)30(24)17-18-8-2-1-3-9-18/h1-16,23-24H,17H2,(H,28,33)(H,31,32)/t23-,24+/m0/s1. The van der Waals surface area contributed by atoms with Gasteiger partial charge in [-0.1, -0.05) is 42.5 Å². The van der Waals surface area contributed by atoms with Crippen molar-refractivity contribution in [2.75, 3.05) is 0 Å². The van der Waals surface area contributed by atoms with Crippen LogP contribution in [0.5, 0.6) is 0 Å². The molecule has 0 unspecified atom stereocenters. The van der Waals surface area contributed by atoms with Gasteiger partial charge in [0.15, 0.2) is 5.11 Å². The van der Waals surface area contributed by atoms with Crippen molar-refractivity contribution in [2.45, 2.75) is 18.6 Å². The average molecular weight is 455 g/mol. The number of nitrogens with zero attached hydrogens (tertiary/aromatic N) is 3. The summed E-state index contributed by atoms with van der Waals surface area (Å²) in [4.78, 5) is 18.3. The number of benzene rings is 2. The molecule has 2 aromatic heterocycles. The van der Waals surface area contributed by atoms with Gasteiger partial charge < -0.3 is 19.9 Å². The van der Waals surface area contributed by atoms with Crippen LogP contribution in [0.2, 0.25) is 0 Å². The Morgan fingerprint density at radius 1 is 1.00 bits per heavy atom. The minimum atomic E-state index is -0.952. The van der Waals surface area contributed by atoms with Gasteiger partial charge >= 0.3 is 5.97 Å². The van der Waals surface area contributed by atoms with E-state index in [1.807, 2.05) is 59.3 Å². The molecule has 2 atom stereocenters. The summed E-state index contributed by atoms with van der Waals surface area (Å²) < 4.78 is 2.03. The van der Waals surface area contributed by atoms with E-state index in [1.165, 1.54) is 0 Å². The van der Waals surface area contributed by atoms with Crippen LogP contribution >= 0.6 is 12.2 Å². The number of hydrogen-bond acceptors (Lipinski definition) is 3. The Morgan fingerprint density at radius 3 is 2.58 bits per heavy atom. The van der Waals surface area contributed by atoms with Gasteiger partial charge in [-0.3, -0.25) is 4.98 Å². The van der Waals surface area contributed by atoms with Crippen LogP contribution in [0.15, 0.2) is 97.3 Å². The van der Waals surface area contributed by atoms with E-state index in [1.54, 1.807) is 24.4 Å². The van der Waals surface area contributed by atoms with Crippen LogP contribution in [0, 0.1) is 0 Å². The van der Waals surface area contributed by atoms with E-state index >= 15 is 0 Å². The fraction of sp³-hybridized carbons (Fsp3) is 0.115. The lowest BCUT2D eigenvalue weighted by atomic mass is 10.0. The van der Waals surface area contributed by atoms with Crippen molar-refractivity contribution < 1.29 is 9.90 Å². The second-order valence-corrected chi connectivity index (χ2v) is 8.29. The van der Waals surface area contributed by atoms with Gasteiger partial charge in [0.25, 0.3) is 0 Å². The molecule has 0 aliphatic carbocycles. The Balaban J connectivity index is 1.61. The first-order chi connectivity index (χ1) is 16.1. The van der Waals surface area contributed by atoms with E-state index in [-0.39, 0.29) is 17.6 Å². The lowest BCUT2D eigenvalue weighted by Gasteiger charge is -2.29. The van der Waals surface area contributed by atoms with Gasteiger partial charge in [0.2, 0.25) is 0 Å². The summed E-state index contributed by atoms with van der Waals surface area (Å²) in [7, 11) is 0. The lowest BCUT2D eigenvalue weighted by Crippen LogP contribution is -2.30. The minimum Gasteiger partial charge on any atom is -0.478 e. The monoisotopic (exact) mass is 454 g/mol. The zero-order chi connectivity index (χ0) is 22.8. The molecule has 0 bridgehead atoms. The zero-order valence-corrected chi connectivity index (χ0v) is 18.5. The third kappa shape index (κ3) is 4.10. The van der Waals surface area contributed by atoms with Crippen LogP contribution in [0.3, 0.4) is 0 Å². The molecule has 2 aromatic carbocycles. The summed E-state index contributed by atoms with van der Waals surface area (Å²) in [6.07, 6.45) is 3.74. The zero-order valence-electron chi connectivity index (χ0n) is 17.7. The van der Waals surface area contributed by atoms with E-state index in [2.05, 4.69) is 33.4 Å². The van der Waals surface area contributed by atoms with Crippen LogP contribution in [0.25, 0.3) is 5.69 Å². The minimum absolute atomic E-state index is 0.143.